The molecule has 0 bridgehead atoms. The second-order valence-electron chi connectivity index (χ2n) is 10.6. The number of carbonyl (C=O) groups is 2. The van der Waals surface area contributed by atoms with Crippen LogP contribution in [0.4, 0.5) is 0 Å². The van der Waals surface area contributed by atoms with Crippen molar-refractivity contribution >= 4 is 45.3 Å². The lowest BCUT2D eigenvalue weighted by atomic mass is 9.99. The summed E-state index contributed by atoms with van der Waals surface area (Å²) in [5, 5.41) is 4.53. The van der Waals surface area contributed by atoms with Crippen LogP contribution in [0.3, 0.4) is 0 Å². The van der Waals surface area contributed by atoms with E-state index in [-0.39, 0.29) is 23.8 Å². The minimum absolute atomic E-state index is 0.207. The van der Waals surface area contributed by atoms with Gasteiger partial charge in [0, 0.05) is 15.9 Å². The fourth-order valence-corrected chi connectivity index (χ4v) is 5.04. The van der Waals surface area contributed by atoms with Gasteiger partial charge in [0.1, 0.15) is 11.7 Å². The number of carbonyl (C=O) groups excluding carboxylic acids is 2. The van der Waals surface area contributed by atoms with Gasteiger partial charge in [-0.1, -0.05) is 54.8 Å². The zero-order chi connectivity index (χ0) is 27.8. The van der Waals surface area contributed by atoms with E-state index in [1.165, 1.54) is 4.57 Å². The summed E-state index contributed by atoms with van der Waals surface area (Å²) in [5.74, 6) is -0.828. The summed E-state index contributed by atoms with van der Waals surface area (Å²) in [4.78, 5) is 44.4. The molecule has 1 amide bonds. The third kappa shape index (κ3) is 5.20. The molecule has 0 aliphatic heterocycles. The van der Waals surface area contributed by atoms with E-state index < -0.39 is 17.6 Å². The summed E-state index contributed by atoms with van der Waals surface area (Å²) in [5.41, 5.74) is 2.71. The number of fused-ring (bicyclic) bond motifs is 3. The predicted molar refractivity (Wildman–Crippen MR) is 152 cm³/mol. The molecular formula is C30H34ClN3O4. The van der Waals surface area contributed by atoms with Gasteiger partial charge in [-0.2, -0.15) is 0 Å². The topological polar surface area (TPSA) is 93.2 Å². The Morgan fingerprint density at radius 3 is 2.39 bits per heavy atom. The molecule has 2 aromatic carbocycles. The maximum atomic E-state index is 14.4. The molecule has 0 saturated carbocycles. The first-order valence-electron chi connectivity index (χ1n) is 12.9. The van der Waals surface area contributed by atoms with Crippen LogP contribution in [0.25, 0.3) is 21.8 Å². The van der Waals surface area contributed by atoms with Crippen LogP contribution in [0.5, 0.6) is 0 Å². The number of aryl methyl sites for hydroxylation is 2. The van der Waals surface area contributed by atoms with Gasteiger partial charge in [-0.25, -0.2) is 4.79 Å². The van der Waals surface area contributed by atoms with E-state index in [2.05, 4.69) is 10.3 Å². The van der Waals surface area contributed by atoms with Gasteiger partial charge in [0.15, 0.2) is 0 Å². The molecule has 0 aliphatic rings. The van der Waals surface area contributed by atoms with Gasteiger partial charge in [-0.3, -0.25) is 14.2 Å². The van der Waals surface area contributed by atoms with Gasteiger partial charge in [0.25, 0.3) is 5.56 Å². The Morgan fingerprint density at radius 2 is 1.79 bits per heavy atom. The fraction of sp³-hybridized carbons (Fsp3) is 0.367. The quantitative estimate of drug-likeness (QED) is 0.280. The minimum atomic E-state index is -0.953. The summed E-state index contributed by atoms with van der Waals surface area (Å²) in [6.07, 6.45) is 1.19. The predicted octanol–water partition coefficient (Wildman–Crippen LogP) is 6.08. The highest BCUT2D eigenvalue weighted by atomic mass is 35.5. The molecule has 4 aromatic rings. The van der Waals surface area contributed by atoms with Gasteiger partial charge in [-0.05, 0) is 70.4 Å². The van der Waals surface area contributed by atoms with E-state index in [1.807, 2.05) is 58.9 Å². The number of halogens is 1. The SMILES string of the molecule is CCCc1c(C(=O)OCC)[nH]c2c1c(=O)n(C(C(=O)NC(C)(C)C)c1ccc(C)cc1)c1ccc(Cl)cc21. The Bertz CT molecular complexity index is 1580. The van der Waals surface area contributed by atoms with Crippen LogP contribution >= 0.6 is 11.6 Å². The summed E-state index contributed by atoms with van der Waals surface area (Å²) in [6, 6.07) is 11.8. The highest BCUT2D eigenvalue weighted by Crippen LogP contribution is 2.33. The molecule has 8 heteroatoms. The second-order valence-corrected chi connectivity index (χ2v) is 11.0. The van der Waals surface area contributed by atoms with Crippen molar-refractivity contribution in [1.82, 2.24) is 14.9 Å². The molecule has 0 radical (unpaired) electrons. The van der Waals surface area contributed by atoms with Crippen molar-refractivity contribution < 1.29 is 14.3 Å². The maximum absolute atomic E-state index is 14.4. The number of pyridine rings is 1. The molecule has 38 heavy (non-hydrogen) atoms. The Labute approximate surface area is 227 Å². The van der Waals surface area contributed by atoms with Crippen molar-refractivity contribution in [2.24, 2.45) is 0 Å². The first kappa shape index (κ1) is 27.5. The lowest BCUT2D eigenvalue weighted by molar-refractivity contribution is -0.124. The number of amides is 1. The first-order chi connectivity index (χ1) is 18.0. The molecule has 200 valence electrons. The Hall–Kier alpha value is -3.58. The number of aromatic nitrogens is 2. The van der Waals surface area contributed by atoms with Crippen LogP contribution in [0.15, 0.2) is 47.3 Å². The number of aromatic amines is 1. The number of nitrogens with one attached hydrogen (secondary N) is 2. The number of rotatable bonds is 7. The van der Waals surface area contributed by atoms with Crippen molar-refractivity contribution in [2.75, 3.05) is 6.61 Å². The average Bonchev–Trinajstić information content (AvgIpc) is 3.22. The molecule has 1 atom stereocenters. The van der Waals surface area contributed by atoms with Crippen LogP contribution in [0.1, 0.15) is 74.3 Å². The highest BCUT2D eigenvalue weighted by molar-refractivity contribution is 6.31. The summed E-state index contributed by atoms with van der Waals surface area (Å²) in [7, 11) is 0. The van der Waals surface area contributed by atoms with Gasteiger partial charge in [0.05, 0.1) is 23.0 Å². The Morgan fingerprint density at radius 1 is 1.11 bits per heavy atom. The van der Waals surface area contributed by atoms with Gasteiger partial charge in [0.2, 0.25) is 5.91 Å². The zero-order valence-electron chi connectivity index (χ0n) is 22.7. The molecule has 0 saturated heterocycles. The standard InChI is InChI=1S/C30H34ClN3O4/c1-7-9-20-23-24(32-25(20)29(37)38-8-2)21-16-19(31)14-15-22(21)34(28(23)36)26(27(35)33-30(4,5)6)18-12-10-17(3)11-13-18/h10-16,26,32H,7-9H2,1-6H3,(H,33,35). The smallest absolute Gasteiger partial charge is 0.355 e. The maximum Gasteiger partial charge on any atom is 0.355 e. The van der Waals surface area contributed by atoms with Crippen LogP contribution in [0, 0.1) is 6.92 Å². The fourth-order valence-electron chi connectivity index (χ4n) is 4.86. The monoisotopic (exact) mass is 535 g/mol. The number of benzene rings is 2. The number of H-pyrrole nitrogens is 1. The van der Waals surface area contributed by atoms with E-state index in [0.29, 0.717) is 50.8 Å². The van der Waals surface area contributed by atoms with Gasteiger partial charge < -0.3 is 15.0 Å². The molecule has 2 N–H and O–H groups in total. The molecule has 0 aliphatic carbocycles. The van der Waals surface area contributed by atoms with Crippen LogP contribution in [0.2, 0.25) is 5.02 Å². The normalized spacial score (nSPS) is 12.6. The lowest BCUT2D eigenvalue weighted by Crippen LogP contribution is -2.46. The zero-order valence-corrected chi connectivity index (χ0v) is 23.5. The van der Waals surface area contributed by atoms with Crippen molar-refractivity contribution in [3.8, 4) is 0 Å². The molecule has 7 nitrogen and oxygen atoms in total. The van der Waals surface area contributed by atoms with Gasteiger partial charge >= 0.3 is 5.97 Å². The minimum Gasteiger partial charge on any atom is -0.461 e. The second kappa shape index (κ2) is 10.7. The number of hydrogen-bond donors (Lipinski definition) is 2. The van der Waals surface area contributed by atoms with E-state index in [1.54, 1.807) is 25.1 Å². The molecule has 1 unspecified atom stereocenters. The third-order valence-electron chi connectivity index (χ3n) is 6.40. The van der Waals surface area contributed by atoms with Crippen LogP contribution < -0.4 is 10.9 Å². The van der Waals surface area contributed by atoms with Gasteiger partial charge in [-0.15, -0.1) is 0 Å². The summed E-state index contributed by atoms with van der Waals surface area (Å²) < 4.78 is 6.83. The van der Waals surface area contributed by atoms with Crippen molar-refractivity contribution in [3.63, 3.8) is 0 Å². The summed E-state index contributed by atoms with van der Waals surface area (Å²) >= 11 is 6.42. The number of esters is 1. The number of hydrogen-bond acceptors (Lipinski definition) is 4. The molecule has 0 fully saturated rings. The van der Waals surface area contributed by atoms with Crippen molar-refractivity contribution in [3.05, 3.63) is 80.2 Å². The van der Waals surface area contributed by atoms with E-state index in [9.17, 15) is 14.4 Å². The lowest BCUT2D eigenvalue weighted by Gasteiger charge is -2.27. The third-order valence-corrected chi connectivity index (χ3v) is 6.64. The van der Waals surface area contributed by atoms with Crippen molar-refractivity contribution in [1.29, 1.82) is 0 Å². The molecule has 2 heterocycles. The van der Waals surface area contributed by atoms with E-state index >= 15 is 0 Å². The van der Waals surface area contributed by atoms with Crippen LogP contribution in [-0.2, 0) is 16.0 Å². The molecule has 2 aromatic heterocycles. The largest absolute Gasteiger partial charge is 0.461 e. The highest BCUT2D eigenvalue weighted by Gasteiger charge is 2.31. The molecule has 4 rings (SSSR count). The molecule has 0 spiro atoms. The van der Waals surface area contributed by atoms with Crippen molar-refractivity contribution in [2.45, 2.75) is 66.0 Å². The average molecular weight is 536 g/mol. The number of nitrogens with zero attached hydrogens (tertiary/aromatic N) is 1. The number of ether oxygens (including phenoxy) is 1. The van der Waals surface area contributed by atoms with E-state index in [4.69, 9.17) is 16.3 Å². The molecular weight excluding hydrogens is 502 g/mol. The summed E-state index contributed by atoms with van der Waals surface area (Å²) in [6.45, 7) is 11.6. The Balaban J connectivity index is 2.16. The first-order valence-corrected chi connectivity index (χ1v) is 13.3. The van der Waals surface area contributed by atoms with Crippen LogP contribution in [-0.4, -0.2) is 33.6 Å². The Kier molecular flexibility index (Phi) is 7.70. The van der Waals surface area contributed by atoms with E-state index in [0.717, 1.165) is 5.56 Å².